The lowest BCUT2D eigenvalue weighted by molar-refractivity contribution is 0.00105. The molecule has 0 spiro atoms. The highest BCUT2D eigenvalue weighted by molar-refractivity contribution is 6.05. The van der Waals surface area contributed by atoms with Crippen LogP contribution in [-0.2, 0) is 0 Å². The molecule has 5 heteroatoms. The van der Waals surface area contributed by atoms with Gasteiger partial charge in [0.15, 0.2) is 0 Å². The average Bonchev–Trinajstić information content (AvgIpc) is 3.32. The Morgan fingerprint density at radius 3 is 2.20 bits per heavy atom. The van der Waals surface area contributed by atoms with E-state index in [-0.39, 0.29) is 12.1 Å². The fourth-order valence-corrected chi connectivity index (χ4v) is 4.18. The van der Waals surface area contributed by atoms with E-state index in [2.05, 4.69) is 11.4 Å². The minimum Gasteiger partial charge on any atom is -0.388 e. The molecule has 2 aliphatic heterocycles. The van der Waals surface area contributed by atoms with E-state index in [9.17, 15) is 15.5 Å². The average molecular weight is 348 g/mol. The van der Waals surface area contributed by atoms with Crippen LogP contribution in [-0.4, -0.2) is 39.2 Å². The number of hydrogen-bond acceptors (Lipinski definition) is 5. The number of allylic oxidation sites excluding steroid dienone is 2. The lowest BCUT2D eigenvalue weighted by atomic mass is 9.87. The number of nitriles is 1. The summed E-state index contributed by atoms with van der Waals surface area (Å²) in [7, 11) is 0. The van der Waals surface area contributed by atoms with Gasteiger partial charge in [-0.25, -0.2) is 0 Å². The third kappa shape index (κ3) is 3.75. The van der Waals surface area contributed by atoms with Gasteiger partial charge in [0.25, 0.3) is 0 Å². The molecule has 3 N–H and O–H groups in total. The van der Waals surface area contributed by atoms with Crippen molar-refractivity contribution in [2.24, 2.45) is 4.99 Å². The molecule has 0 aromatic carbocycles. The van der Waals surface area contributed by atoms with Gasteiger partial charge in [-0.05, 0) is 51.4 Å². The second-order valence-electron chi connectivity index (χ2n) is 7.45. The largest absolute Gasteiger partial charge is 0.388 e. The lowest BCUT2D eigenvalue weighted by Crippen LogP contribution is -2.46. The molecular formula is C20H33N3O2. The topological polar surface area (TPSA) is 88.6 Å². The van der Waals surface area contributed by atoms with Gasteiger partial charge >= 0.3 is 0 Å². The molecule has 0 radical (unpaired) electrons. The molecule has 2 atom stereocenters. The van der Waals surface area contributed by atoms with E-state index >= 15 is 0 Å². The molecule has 2 aliphatic rings. The number of hydrogen-bond donors (Lipinski definition) is 3. The second kappa shape index (κ2) is 7.88. The summed E-state index contributed by atoms with van der Waals surface area (Å²) in [6.45, 7) is 7.97. The molecule has 1 fully saturated rings. The fraction of sp³-hybridized carbons (Fsp3) is 0.800. The van der Waals surface area contributed by atoms with Gasteiger partial charge < -0.3 is 15.5 Å². The zero-order valence-corrected chi connectivity index (χ0v) is 16.1. The van der Waals surface area contributed by atoms with Crippen molar-refractivity contribution in [2.75, 3.05) is 0 Å². The van der Waals surface area contributed by atoms with Crippen molar-refractivity contribution in [3.63, 3.8) is 0 Å². The first-order chi connectivity index (χ1) is 11.9. The molecule has 2 rings (SSSR count). The van der Waals surface area contributed by atoms with Crippen molar-refractivity contribution in [1.29, 1.82) is 5.26 Å². The van der Waals surface area contributed by atoms with E-state index in [1.165, 1.54) is 0 Å². The van der Waals surface area contributed by atoms with Crippen LogP contribution >= 0.6 is 0 Å². The molecule has 0 aromatic rings. The van der Waals surface area contributed by atoms with Gasteiger partial charge in [0, 0.05) is 5.70 Å². The van der Waals surface area contributed by atoms with Crippen LogP contribution in [0.3, 0.4) is 0 Å². The molecule has 0 amide bonds. The zero-order valence-electron chi connectivity index (χ0n) is 16.1. The molecule has 2 unspecified atom stereocenters. The van der Waals surface area contributed by atoms with Gasteiger partial charge in [0.2, 0.25) is 0 Å². The van der Waals surface area contributed by atoms with Crippen molar-refractivity contribution in [2.45, 2.75) is 102 Å². The first kappa shape index (κ1) is 19.9. The third-order valence-corrected chi connectivity index (χ3v) is 6.42. The zero-order chi connectivity index (χ0) is 18.7. The Morgan fingerprint density at radius 1 is 1.08 bits per heavy atom. The summed E-state index contributed by atoms with van der Waals surface area (Å²) in [5.74, 6) is 0. The molecule has 140 valence electrons. The minimum atomic E-state index is -0.775. The van der Waals surface area contributed by atoms with Crippen LogP contribution in [0, 0.1) is 11.3 Å². The summed E-state index contributed by atoms with van der Waals surface area (Å²) in [5, 5.41) is 34.6. The van der Waals surface area contributed by atoms with Crippen molar-refractivity contribution >= 4 is 5.71 Å². The Balaban J connectivity index is 2.24. The second-order valence-corrected chi connectivity index (χ2v) is 7.45. The van der Waals surface area contributed by atoms with E-state index in [4.69, 9.17) is 4.99 Å². The molecule has 5 nitrogen and oxygen atoms in total. The molecular weight excluding hydrogens is 314 g/mol. The van der Waals surface area contributed by atoms with E-state index in [0.29, 0.717) is 31.3 Å². The van der Waals surface area contributed by atoms with Crippen LogP contribution in [0.1, 0.15) is 79.1 Å². The van der Waals surface area contributed by atoms with Crippen LogP contribution in [0.15, 0.2) is 16.3 Å². The normalized spacial score (nSPS) is 26.2. The molecule has 0 saturated carbocycles. The molecule has 25 heavy (non-hydrogen) atoms. The maximum Gasteiger partial charge on any atom is 0.103 e. The van der Waals surface area contributed by atoms with Crippen LogP contribution in [0.2, 0.25) is 0 Å². The first-order valence-corrected chi connectivity index (χ1v) is 9.78. The summed E-state index contributed by atoms with van der Waals surface area (Å²) in [4.78, 5) is 4.73. The molecule has 1 saturated heterocycles. The molecule has 0 bridgehead atoms. The van der Waals surface area contributed by atoms with E-state index in [0.717, 1.165) is 37.1 Å². The Kier molecular flexibility index (Phi) is 6.29. The lowest BCUT2D eigenvalue weighted by Gasteiger charge is -2.32. The Bertz CT molecular complexity index is 580. The van der Waals surface area contributed by atoms with E-state index < -0.39 is 11.2 Å². The predicted molar refractivity (Wildman–Crippen MR) is 100 cm³/mol. The Morgan fingerprint density at radius 2 is 1.68 bits per heavy atom. The third-order valence-electron chi connectivity index (χ3n) is 6.42. The molecule has 2 heterocycles. The van der Waals surface area contributed by atoms with Crippen LogP contribution in [0.4, 0.5) is 0 Å². The number of aliphatic hydroxyl groups is 2. The molecule has 0 aliphatic carbocycles. The summed E-state index contributed by atoms with van der Waals surface area (Å²) in [6, 6.07) is 2.19. The highest BCUT2D eigenvalue weighted by atomic mass is 16.3. The van der Waals surface area contributed by atoms with E-state index in [1.807, 2.05) is 27.7 Å². The summed E-state index contributed by atoms with van der Waals surface area (Å²) in [5.41, 5.74) is 0.835. The maximum atomic E-state index is 10.7. The minimum absolute atomic E-state index is 0.0122. The predicted octanol–water partition coefficient (Wildman–Crippen LogP) is 3.22. The van der Waals surface area contributed by atoms with Crippen LogP contribution < -0.4 is 5.32 Å². The highest BCUT2D eigenvalue weighted by Crippen LogP contribution is 2.34. The quantitative estimate of drug-likeness (QED) is 0.617. The van der Waals surface area contributed by atoms with Gasteiger partial charge in [-0.15, -0.1) is 0 Å². The SMILES string of the molecule is CCC(O)(CC)C1CCC(/C(C#N)=C2/CCC(C(O)(CC)CC)N2)=N1. The van der Waals surface area contributed by atoms with Crippen LogP contribution in [0.25, 0.3) is 0 Å². The van der Waals surface area contributed by atoms with E-state index in [1.54, 1.807) is 0 Å². The Hall–Kier alpha value is -1.38. The molecule has 0 aromatic heterocycles. The number of nitrogens with zero attached hydrogens (tertiary/aromatic N) is 2. The van der Waals surface area contributed by atoms with Gasteiger partial charge in [-0.3, -0.25) is 4.99 Å². The Labute approximate surface area is 151 Å². The van der Waals surface area contributed by atoms with Crippen molar-refractivity contribution < 1.29 is 10.2 Å². The van der Waals surface area contributed by atoms with Crippen molar-refractivity contribution in [1.82, 2.24) is 5.32 Å². The van der Waals surface area contributed by atoms with Gasteiger partial charge in [-0.1, -0.05) is 27.7 Å². The van der Waals surface area contributed by atoms with Gasteiger partial charge in [0.05, 0.1) is 34.6 Å². The summed E-state index contributed by atoms with van der Waals surface area (Å²) < 4.78 is 0. The maximum absolute atomic E-state index is 10.7. The first-order valence-electron chi connectivity index (χ1n) is 9.78. The number of rotatable bonds is 7. The standard InChI is InChI=1S/C20H33N3O2/c1-5-19(24,6-2)17-11-9-15(22-17)14(13-21)16-10-12-18(23-16)20(25,7-3)8-4/h17-18,22,24-25H,5-12H2,1-4H3/b15-14-. The van der Waals surface area contributed by atoms with Gasteiger partial charge in [0.1, 0.15) is 6.07 Å². The fourth-order valence-electron chi connectivity index (χ4n) is 4.18. The monoisotopic (exact) mass is 347 g/mol. The number of nitrogens with one attached hydrogen (secondary N) is 1. The number of aliphatic imine (C=N–C) groups is 1. The van der Waals surface area contributed by atoms with Crippen molar-refractivity contribution in [3.8, 4) is 6.07 Å². The van der Waals surface area contributed by atoms with Crippen LogP contribution in [0.5, 0.6) is 0 Å². The van der Waals surface area contributed by atoms with Crippen molar-refractivity contribution in [3.05, 3.63) is 11.3 Å². The summed E-state index contributed by atoms with van der Waals surface area (Å²) >= 11 is 0. The highest BCUT2D eigenvalue weighted by Gasteiger charge is 2.40. The van der Waals surface area contributed by atoms with Gasteiger partial charge in [-0.2, -0.15) is 5.26 Å². The summed E-state index contributed by atoms with van der Waals surface area (Å²) in [6.07, 6.45) is 5.86. The smallest absolute Gasteiger partial charge is 0.103 e.